The number of likely N-dealkylation sites (tertiary alicyclic amines) is 2. The smallest absolute Gasteiger partial charge is 0.229 e. The molecule has 4 aliphatic heterocycles. The molecule has 2 N–H and O–H groups in total. The van der Waals surface area contributed by atoms with E-state index in [9.17, 15) is 14.4 Å². The zero-order chi connectivity index (χ0) is 19.7. The van der Waals surface area contributed by atoms with Crippen molar-refractivity contribution in [1.82, 2.24) is 9.80 Å². The van der Waals surface area contributed by atoms with Gasteiger partial charge in [-0.1, -0.05) is 42.5 Å². The molecule has 4 atom stereocenters. The molecule has 2 bridgehead atoms. The average molecular weight is 381 g/mol. The summed E-state index contributed by atoms with van der Waals surface area (Å²) in [5, 5.41) is 0. The van der Waals surface area contributed by atoms with E-state index in [1.165, 1.54) is 0 Å². The van der Waals surface area contributed by atoms with E-state index in [-0.39, 0.29) is 31.0 Å². The number of carbonyl (C=O) groups is 3. The lowest BCUT2D eigenvalue weighted by molar-refractivity contribution is -0.158. The van der Waals surface area contributed by atoms with Gasteiger partial charge in [0.05, 0.1) is 29.9 Å². The second-order valence-electron chi connectivity index (χ2n) is 8.60. The van der Waals surface area contributed by atoms with Crippen LogP contribution in [0.3, 0.4) is 0 Å². The lowest BCUT2D eigenvalue weighted by Crippen LogP contribution is -2.66. The van der Waals surface area contributed by atoms with Gasteiger partial charge in [0.1, 0.15) is 5.60 Å². The number of carbonyl (C=O) groups excluding carboxylic acids is 3. The fourth-order valence-electron chi connectivity index (χ4n) is 5.37. The number of ether oxygens (including phenoxy) is 1. The Kier molecular flexibility index (Phi) is 3.53. The van der Waals surface area contributed by atoms with E-state index < -0.39 is 28.8 Å². The van der Waals surface area contributed by atoms with Gasteiger partial charge in [0.2, 0.25) is 17.7 Å². The summed E-state index contributed by atoms with van der Waals surface area (Å²) in [5.74, 6) is -1.55. The number of nitrogens with two attached hydrogens (primary N) is 1. The maximum atomic E-state index is 13.3. The molecule has 0 saturated carbocycles. The molecule has 3 fully saturated rings. The first-order valence-electron chi connectivity index (χ1n) is 9.60. The molecule has 1 aromatic rings. The second-order valence-corrected chi connectivity index (χ2v) is 8.60. The molecule has 28 heavy (non-hydrogen) atoms. The highest BCUT2D eigenvalue weighted by Crippen LogP contribution is 2.52. The van der Waals surface area contributed by atoms with Gasteiger partial charge in [-0.25, -0.2) is 0 Å². The van der Waals surface area contributed by atoms with Crippen molar-refractivity contribution < 1.29 is 19.1 Å². The SMILES string of the molecule is CN1C[C@]23C=C[C@H](O2)[C@H](C(=O)N2CC(Cc4ccccc4)(C(N)=O)C2)[C@@H]3C1=O. The van der Waals surface area contributed by atoms with Crippen LogP contribution >= 0.6 is 0 Å². The molecule has 1 aromatic carbocycles. The fraction of sp³-hybridized carbons (Fsp3) is 0.476. The van der Waals surface area contributed by atoms with Crippen LogP contribution in [0.1, 0.15) is 5.56 Å². The van der Waals surface area contributed by atoms with Crippen LogP contribution in [0.5, 0.6) is 0 Å². The van der Waals surface area contributed by atoms with E-state index in [1.807, 2.05) is 42.5 Å². The highest BCUT2D eigenvalue weighted by molar-refractivity contribution is 5.94. The van der Waals surface area contributed by atoms with E-state index in [2.05, 4.69) is 0 Å². The molecule has 4 heterocycles. The molecule has 4 aliphatic rings. The summed E-state index contributed by atoms with van der Waals surface area (Å²) in [5.41, 5.74) is 5.30. The quantitative estimate of drug-likeness (QED) is 0.741. The van der Waals surface area contributed by atoms with Gasteiger partial charge in [0, 0.05) is 20.1 Å². The molecule has 0 radical (unpaired) electrons. The van der Waals surface area contributed by atoms with Crippen LogP contribution in [-0.4, -0.2) is 65.9 Å². The third kappa shape index (κ3) is 2.22. The van der Waals surface area contributed by atoms with Gasteiger partial charge in [-0.3, -0.25) is 14.4 Å². The normalized spacial score (nSPS) is 34.5. The Bertz CT molecular complexity index is 892. The van der Waals surface area contributed by atoms with E-state index >= 15 is 0 Å². The summed E-state index contributed by atoms with van der Waals surface area (Å²) in [6.45, 7) is 1.05. The zero-order valence-electron chi connectivity index (χ0n) is 15.7. The summed E-state index contributed by atoms with van der Waals surface area (Å²) in [4.78, 5) is 41.4. The average Bonchev–Trinajstić information content (AvgIpc) is 3.26. The number of rotatable bonds is 4. The summed E-state index contributed by atoms with van der Waals surface area (Å²) >= 11 is 0. The third-order valence-electron chi connectivity index (χ3n) is 6.78. The van der Waals surface area contributed by atoms with E-state index in [4.69, 9.17) is 10.5 Å². The number of fused-ring (bicyclic) bond motifs is 1. The first-order chi connectivity index (χ1) is 13.4. The van der Waals surface area contributed by atoms with Crippen LogP contribution in [0.15, 0.2) is 42.5 Å². The van der Waals surface area contributed by atoms with Gasteiger partial charge >= 0.3 is 0 Å². The minimum atomic E-state index is -0.751. The summed E-state index contributed by atoms with van der Waals surface area (Å²) in [6.07, 6.45) is 3.98. The molecule has 7 nitrogen and oxygen atoms in total. The molecule has 3 amide bonds. The van der Waals surface area contributed by atoms with E-state index in [1.54, 1.807) is 16.8 Å². The molecular weight excluding hydrogens is 358 g/mol. The highest BCUT2D eigenvalue weighted by atomic mass is 16.5. The second kappa shape index (κ2) is 5.67. The molecule has 0 aliphatic carbocycles. The predicted molar refractivity (Wildman–Crippen MR) is 99.7 cm³/mol. The number of hydrogen-bond donors (Lipinski definition) is 1. The van der Waals surface area contributed by atoms with Gasteiger partial charge in [0.25, 0.3) is 0 Å². The van der Waals surface area contributed by atoms with Crippen LogP contribution in [-0.2, 0) is 25.5 Å². The Morgan fingerprint density at radius 1 is 1.21 bits per heavy atom. The Morgan fingerprint density at radius 3 is 2.61 bits per heavy atom. The topological polar surface area (TPSA) is 92.9 Å². The Hall–Kier alpha value is -2.67. The summed E-state index contributed by atoms with van der Waals surface area (Å²) < 4.78 is 6.06. The van der Waals surface area contributed by atoms with E-state index in [0.29, 0.717) is 13.0 Å². The fourth-order valence-corrected chi connectivity index (χ4v) is 5.37. The van der Waals surface area contributed by atoms with Gasteiger partial charge in [0.15, 0.2) is 0 Å². The minimum absolute atomic E-state index is 0.0452. The van der Waals surface area contributed by atoms with Gasteiger partial charge in [-0.05, 0) is 12.0 Å². The molecule has 146 valence electrons. The van der Waals surface area contributed by atoms with Crippen molar-refractivity contribution in [2.24, 2.45) is 23.0 Å². The van der Waals surface area contributed by atoms with Gasteiger partial charge < -0.3 is 20.3 Å². The lowest BCUT2D eigenvalue weighted by atomic mass is 9.71. The van der Waals surface area contributed by atoms with Crippen LogP contribution in [0, 0.1) is 17.3 Å². The largest absolute Gasteiger partial charge is 0.369 e. The number of likely N-dealkylation sites (N-methyl/N-ethyl adjacent to an activating group) is 1. The van der Waals surface area contributed by atoms with Crippen molar-refractivity contribution in [3.63, 3.8) is 0 Å². The van der Waals surface area contributed by atoms with Crippen molar-refractivity contribution in [2.75, 3.05) is 26.7 Å². The van der Waals surface area contributed by atoms with E-state index in [0.717, 1.165) is 5.56 Å². The monoisotopic (exact) mass is 381 g/mol. The van der Waals surface area contributed by atoms with Gasteiger partial charge in [-0.2, -0.15) is 0 Å². The molecule has 7 heteroatoms. The standard InChI is InChI=1S/C21H23N3O4/c1-23-12-21-8-7-14(28-21)15(16(21)18(23)26)17(25)24-10-20(11-24,19(22)27)9-13-5-3-2-4-6-13/h2-8,14-16H,9-12H2,1H3,(H2,22,27)/t14-,15-,16+,21-/m0/s1. The first kappa shape index (κ1) is 17.4. The van der Waals surface area contributed by atoms with Crippen LogP contribution in [0.25, 0.3) is 0 Å². The van der Waals surface area contributed by atoms with Crippen molar-refractivity contribution in [3.8, 4) is 0 Å². The number of nitrogens with zero attached hydrogens (tertiary/aromatic N) is 2. The molecule has 5 rings (SSSR count). The molecule has 3 saturated heterocycles. The number of benzene rings is 1. The first-order valence-corrected chi connectivity index (χ1v) is 9.60. The highest BCUT2D eigenvalue weighted by Gasteiger charge is 2.67. The zero-order valence-corrected chi connectivity index (χ0v) is 15.7. The summed E-state index contributed by atoms with van der Waals surface area (Å²) in [7, 11) is 1.74. The predicted octanol–water partition coefficient (Wildman–Crippen LogP) is -0.0452. The van der Waals surface area contributed by atoms with Crippen LogP contribution in [0.4, 0.5) is 0 Å². The van der Waals surface area contributed by atoms with Crippen molar-refractivity contribution in [1.29, 1.82) is 0 Å². The summed E-state index contributed by atoms with van der Waals surface area (Å²) in [6, 6.07) is 9.69. The number of primary amides is 1. The lowest BCUT2D eigenvalue weighted by Gasteiger charge is -2.49. The van der Waals surface area contributed by atoms with Gasteiger partial charge in [-0.15, -0.1) is 0 Å². The van der Waals surface area contributed by atoms with Crippen LogP contribution < -0.4 is 5.73 Å². The molecule has 1 spiro atoms. The molecule has 0 aromatic heterocycles. The molecular formula is C21H23N3O4. The maximum Gasteiger partial charge on any atom is 0.229 e. The van der Waals surface area contributed by atoms with Crippen molar-refractivity contribution in [2.45, 2.75) is 18.1 Å². The third-order valence-corrected chi connectivity index (χ3v) is 6.78. The Morgan fingerprint density at radius 2 is 1.93 bits per heavy atom. The Labute approximate surface area is 163 Å². The maximum absolute atomic E-state index is 13.3. The molecule has 0 unspecified atom stereocenters. The van der Waals surface area contributed by atoms with Crippen LogP contribution in [0.2, 0.25) is 0 Å². The Balaban J connectivity index is 1.35. The van der Waals surface area contributed by atoms with Crippen molar-refractivity contribution >= 4 is 17.7 Å². The number of hydrogen-bond acceptors (Lipinski definition) is 4. The number of amides is 3. The van der Waals surface area contributed by atoms with Crippen molar-refractivity contribution in [3.05, 3.63) is 48.0 Å². The minimum Gasteiger partial charge on any atom is -0.369 e.